The number of carbonyl (C=O) groups is 1. The van der Waals surface area contributed by atoms with E-state index >= 15 is 0 Å². The number of allylic oxidation sites excluding steroid dienone is 4. The predicted molar refractivity (Wildman–Crippen MR) is 168 cm³/mol. The molecule has 4 heteroatoms. The molecule has 39 heavy (non-hydrogen) atoms. The zero-order chi connectivity index (χ0) is 29.6. The minimum atomic E-state index is -0.833. The molecule has 5 atom stereocenters. The molecule has 0 aromatic heterocycles. The lowest BCUT2D eigenvalue weighted by atomic mass is 9.48. The zero-order valence-electron chi connectivity index (χ0n) is 26.6. The summed E-state index contributed by atoms with van der Waals surface area (Å²) < 4.78 is 0. The summed E-state index contributed by atoms with van der Waals surface area (Å²) >= 11 is 0. The van der Waals surface area contributed by atoms with Gasteiger partial charge in [0.2, 0.25) is 0 Å². The summed E-state index contributed by atoms with van der Waals surface area (Å²) in [5, 5.41) is 29.3. The van der Waals surface area contributed by atoms with Gasteiger partial charge in [0.25, 0.3) is 5.97 Å². The van der Waals surface area contributed by atoms with Gasteiger partial charge in [-0.15, -0.1) is 0 Å². The lowest BCUT2D eigenvalue weighted by Crippen LogP contribution is -2.53. The SMILES string of the molecule is C.C=C(CCC[C@H]1CC=C(C2=C([C@H](C)O)C3(C)CC[C@H](O)C(C)(C)C3CC2)C1(C)C)C(C)C.CC.CC(=O)O. The average Bonchev–Trinajstić information content (AvgIpc) is 3.10. The van der Waals surface area contributed by atoms with Gasteiger partial charge in [-0.1, -0.05) is 88.0 Å². The van der Waals surface area contributed by atoms with Gasteiger partial charge in [-0.05, 0) is 109 Å². The molecule has 0 aliphatic heterocycles. The van der Waals surface area contributed by atoms with Crippen LogP contribution in [0.4, 0.5) is 0 Å². The highest BCUT2D eigenvalue weighted by molar-refractivity contribution is 5.63. The fourth-order valence-electron chi connectivity index (χ4n) is 7.72. The van der Waals surface area contributed by atoms with E-state index in [1.54, 1.807) is 0 Å². The van der Waals surface area contributed by atoms with E-state index in [1.807, 2.05) is 20.8 Å². The molecule has 0 spiro atoms. The van der Waals surface area contributed by atoms with Crippen molar-refractivity contribution in [3.05, 3.63) is 34.9 Å². The summed E-state index contributed by atoms with van der Waals surface area (Å²) in [6.45, 7) is 27.5. The van der Waals surface area contributed by atoms with Crippen LogP contribution in [0.25, 0.3) is 0 Å². The number of rotatable bonds is 7. The summed E-state index contributed by atoms with van der Waals surface area (Å²) in [4.78, 5) is 9.00. The van der Waals surface area contributed by atoms with Gasteiger partial charge in [-0.2, -0.15) is 0 Å². The molecule has 0 aromatic rings. The van der Waals surface area contributed by atoms with Crippen molar-refractivity contribution < 1.29 is 20.1 Å². The maximum atomic E-state index is 11.1. The van der Waals surface area contributed by atoms with Gasteiger partial charge >= 0.3 is 0 Å². The normalized spacial score (nSPS) is 29.5. The molecule has 2 unspecified atom stereocenters. The number of carboxylic acids is 1. The highest BCUT2D eigenvalue weighted by atomic mass is 16.4. The van der Waals surface area contributed by atoms with Gasteiger partial charge in [-0.25, -0.2) is 0 Å². The summed E-state index contributed by atoms with van der Waals surface area (Å²) in [6, 6.07) is 0. The van der Waals surface area contributed by atoms with Gasteiger partial charge < -0.3 is 15.3 Å². The van der Waals surface area contributed by atoms with Crippen molar-refractivity contribution in [2.24, 2.45) is 34.0 Å². The van der Waals surface area contributed by atoms with Gasteiger partial charge in [-0.3, -0.25) is 4.79 Å². The molecule has 0 bridgehead atoms. The molecule has 4 nitrogen and oxygen atoms in total. The van der Waals surface area contributed by atoms with Crippen molar-refractivity contribution in [3.8, 4) is 0 Å². The first kappa shape index (κ1) is 37.6. The van der Waals surface area contributed by atoms with Crippen LogP contribution in [0.2, 0.25) is 0 Å². The first-order chi connectivity index (χ1) is 17.5. The minimum absolute atomic E-state index is 0. The minimum Gasteiger partial charge on any atom is -0.481 e. The van der Waals surface area contributed by atoms with Crippen LogP contribution in [0.1, 0.15) is 135 Å². The first-order valence-corrected chi connectivity index (χ1v) is 15.2. The fourth-order valence-corrected chi connectivity index (χ4v) is 7.72. The third-order valence-corrected chi connectivity index (χ3v) is 10.0. The number of hydrogen-bond acceptors (Lipinski definition) is 3. The van der Waals surface area contributed by atoms with Gasteiger partial charge in [0.15, 0.2) is 0 Å². The van der Waals surface area contributed by atoms with Gasteiger partial charge in [0.05, 0.1) is 12.2 Å². The second kappa shape index (κ2) is 15.0. The van der Waals surface area contributed by atoms with Crippen molar-refractivity contribution in [1.82, 2.24) is 0 Å². The Balaban J connectivity index is 0.00000189. The number of carboxylic acid groups (broad SMARTS) is 1. The largest absolute Gasteiger partial charge is 0.481 e. The molecule has 228 valence electrons. The van der Waals surface area contributed by atoms with Crippen LogP contribution in [-0.2, 0) is 4.79 Å². The zero-order valence-corrected chi connectivity index (χ0v) is 26.6. The Hall–Kier alpha value is -1.39. The lowest BCUT2D eigenvalue weighted by molar-refractivity contribution is -0.134. The molecule has 1 fully saturated rings. The van der Waals surface area contributed by atoms with E-state index in [2.05, 4.69) is 61.1 Å². The van der Waals surface area contributed by atoms with Crippen LogP contribution in [0, 0.1) is 34.0 Å². The molecule has 0 saturated heterocycles. The second-order valence-corrected chi connectivity index (χ2v) is 13.4. The Kier molecular flexibility index (Phi) is 14.5. The van der Waals surface area contributed by atoms with Crippen molar-refractivity contribution >= 4 is 5.97 Å². The van der Waals surface area contributed by atoms with E-state index in [0.717, 1.165) is 45.4 Å². The Morgan fingerprint density at radius 3 is 2.13 bits per heavy atom. The standard InChI is InChI=1S/C30H50O2.C2H4O2.C2H6.CH4/c1-19(2)20(3)11-10-12-22-13-15-24(28(22,5)6)23-14-16-25-29(7,8)26(32)17-18-30(25,9)27(23)21(4)31;1-2(3)4;1-2;/h15,19,21-22,25-26,31-32H,3,10-14,16-18H2,1-2,4-9H3;1H3,(H,3,4);1-2H3;1H4/t21-,22-,25?,26-,30?;;;/m0.../s1. The van der Waals surface area contributed by atoms with Gasteiger partial charge in [0, 0.05) is 6.92 Å². The Morgan fingerprint density at radius 2 is 1.64 bits per heavy atom. The second-order valence-electron chi connectivity index (χ2n) is 13.4. The summed E-state index contributed by atoms with van der Waals surface area (Å²) in [5.74, 6) is 0.818. The topological polar surface area (TPSA) is 77.8 Å². The van der Waals surface area contributed by atoms with Crippen molar-refractivity contribution in [3.63, 3.8) is 0 Å². The monoisotopic (exact) mass is 548 g/mol. The number of aliphatic hydroxyl groups is 2. The number of fused-ring (bicyclic) bond motifs is 1. The predicted octanol–water partition coefficient (Wildman–Crippen LogP) is 9.37. The molecule has 0 radical (unpaired) electrons. The molecule has 3 N–H and O–H groups in total. The van der Waals surface area contributed by atoms with E-state index < -0.39 is 12.1 Å². The Labute approximate surface area is 242 Å². The number of aliphatic hydroxyl groups excluding tert-OH is 2. The van der Waals surface area contributed by atoms with Crippen LogP contribution < -0.4 is 0 Å². The van der Waals surface area contributed by atoms with Crippen LogP contribution >= 0.6 is 0 Å². The highest BCUT2D eigenvalue weighted by Gasteiger charge is 2.55. The Bertz CT molecular complexity index is 869. The molecular formula is C35H64O4. The first-order valence-electron chi connectivity index (χ1n) is 15.2. The molecule has 1 saturated carbocycles. The van der Waals surface area contributed by atoms with E-state index in [0.29, 0.717) is 17.8 Å². The van der Waals surface area contributed by atoms with Crippen LogP contribution in [0.5, 0.6) is 0 Å². The van der Waals surface area contributed by atoms with Crippen molar-refractivity contribution in [2.45, 2.75) is 147 Å². The number of aliphatic carboxylic acids is 1. The molecular weight excluding hydrogens is 484 g/mol. The lowest BCUT2D eigenvalue weighted by Gasteiger charge is -2.58. The summed E-state index contributed by atoms with van der Waals surface area (Å²) in [5.41, 5.74) is 5.60. The third kappa shape index (κ3) is 8.32. The van der Waals surface area contributed by atoms with Crippen LogP contribution in [0.15, 0.2) is 34.9 Å². The average molecular weight is 549 g/mol. The molecule has 0 aromatic carbocycles. The van der Waals surface area contributed by atoms with E-state index in [1.165, 1.54) is 35.1 Å². The molecule has 0 heterocycles. The molecule has 3 aliphatic rings. The molecule has 3 rings (SSSR count). The van der Waals surface area contributed by atoms with Crippen LogP contribution in [-0.4, -0.2) is 33.5 Å². The van der Waals surface area contributed by atoms with Crippen LogP contribution in [0.3, 0.4) is 0 Å². The maximum absolute atomic E-state index is 11.1. The third-order valence-electron chi connectivity index (χ3n) is 10.0. The highest BCUT2D eigenvalue weighted by Crippen LogP contribution is 2.62. The van der Waals surface area contributed by atoms with Gasteiger partial charge in [0.1, 0.15) is 0 Å². The smallest absolute Gasteiger partial charge is 0.300 e. The van der Waals surface area contributed by atoms with E-state index in [9.17, 15) is 10.2 Å². The molecule has 3 aliphatic carbocycles. The molecule has 0 amide bonds. The number of hydrogen-bond donors (Lipinski definition) is 3. The van der Waals surface area contributed by atoms with E-state index in [-0.39, 0.29) is 29.8 Å². The van der Waals surface area contributed by atoms with E-state index in [4.69, 9.17) is 9.90 Å². The van der Waals surface area contributed by atoms with Crippen molar-refractivity contribution in [2.75, 3.05) is 0 Å². The quantitative estimate of drug-likeness (QED) is 0.277. The fraction of sp³-hybridized carbons (Fsp3) is 0.800. The summed E-state index contributed by atoms with van der Waals surface area (Å²) in [6.07, 6.45) is 10.5. The van der Waals surface area contributed by atoms with Crippen molar-refractivity contribution in [1.29, 1.82) is 0 Å². The maximum Gasteiger partial charge on any atom is 0.300 e. The Morgan fingerprint density at radius 1 is 1.10 bits per heavy atom. The summed E-state index contributed by atoms with van der Waals surface area (Å²) in [7, 11) is 0.